The van der Waals surface area contributed by atoms with Crippen LogP contribution in [0.1, 0.15) is 5.01 Å². The number of hydrogen-bond donors (Lipinski definition) is 1. The molecule has 7 heteroatoms. The molecule has 1 fully saturated rings. The maximum Gasteiger partial charge on any atom is 0.222 e. The van der Waals surface area contributed by atoms with Gasteiger partial charge < -0.3 is 15.4 Å². The van der Waals surface area contributed by atoms with E-state index in [2.05, 4.69) is 38.1 Å². The molecule has 0 saturated carbocycles. The Balaban J connectivity index is 1.75. The monoisotopic (exact) mass is 327 g/mol. The van der Waals surface area contributed by atoms with E-state index in [9.17, 15) is 0 Å². The van der Waals surface area contributed by atoms with E-state index >= 15 is 0 Å². The zero-order valence-corrected chi connectivity index (χ0v) is 13.6. The average Bonchev–Trinajstić information content (AvgIpc) is 2.94. The maximum absolute atomic E-state index is 5.93. The highest BCUT2D eigenvalue weighted by atomic mass is 32.1. The Morgan fingerprint density at radius 1 is 1.13 bits per heavy atom. The molecule has 23 heavy (non-hydrogen) atoms. The van der Waals surface area contributed by atoms with Crippen LogP contribution in [0.2, 0.25) is 0 Å². The molecule has 4 rings (SSSR count). The molecule has 0 aliphatic carbocycles. The van der Waals surface area contributed by atoms with Crippen molar-refractivity contribution in [1.29, 1.82) is 0 Å². The SMILES string of the molecule is Cc1nc2cc(-c3cc(N4CCOCC4)nc(N)n3)ccc2s1. The Morgan fingerprint density at radius 2 is 1.96 bits per heavy atom. The lowest BCUT2D eigenvalue weighted by molar-refractivity contribution is 0.122. The van der Waals surface area contributed by atoms with E-state index in [0.717, 1.165) is 40.7 Å². The Morgan fingerprint density at radius 3 is 2.78 bits per heavy atom. The van der Waals surface area contributed by atoms with Gasteiger partial charge in [-0.15, -0.1) is 11.3 Å². The summed E-state index contributed by atoms with van der Waals surface area (Å²) >= 11 is 1.69. The third-order valence-electron chi connectivity index (χ3n) is 3.86. The van der Waals surface area contributed by atoms with Crippen LogP contribution < -0.4 is 10.6 Å². The van der Waals surface area contributed by atoms with Crippen molar-refractivity contribution in [2.24, 2.45) is 0 Å². The van der Waals surface area contributed by atoms with Crippen molar-refractivity contribution >= 4 is 33.3 Å². The number of thiazole rings is 1. The van der Waals surface area contributed by atoms with Crippen LogP contribution in [0, 0.1) is 6.92 Å². The van der Waals surface area contributed by atoms with E-state index in [1.807, 2.05) is 13.0 Å². The van der Waals surface area contributed by atoms with Gasteiger partial charge in [-0.1, -0.05) is 6.07 Å². The first-order valence-electron chi connectivity index (χ1n) is 7.54. The van der Waals surface area contributed by atoms with Crippen LogP contribution in [-0.4, -0.2) is 41.3 Å². The first-order valence-corrected chi connectivity index (χ1v) is 8.35. The Bertz CT molecular complexity index is 857. The molecule has 118 valence electrons. The number of hydrogen-bond acceptors (Lipinski definition) is 7. The summed E-state index contributed by atoms with van der Waals surface area (Å²) in [5.74, 6) is 1.14. The molecule has 0 unspecified atom stereocenters. The fraction of sp³-hybridized carbons (Fsp3) is 0.312. The predicted octanol–water partition coefficient (Wildman–Crippen LogP) is 2.48. The lowest BCUT2D eigenvalue weighted by Gasteiger charge is -2.28. The molecule has 3 aromatic rings. The highest BCUT2D eigenvalue weighted by Gasteiger charge is 2.15. The molecule has 2 aromatic heterocycles. The van der Waals surface area contributed by atoms with Gasteiger partial charge in [-0.25, -0.2) is 9.97 Å². The van der Waals surface area contributed by atoms with Gasteiger partial charge in [0, 0.05) is 24.7 Å². The number of nitrogen functional groups attached to an aromatic ring is 1. The van der Waals surface area contributed by atoms with E-state index in [1.54, 1.807) is 11.3 Å². The van der Waals surface area contributed by atoms with Crippen molar-refractivity contribution < 1.29 is 4.74 Å². The Labute approximate surface area is 138 Å². The van der Waals surface area contributed by atoms with Gasteiger partial charge in [0.05, 0.1) is 34.1 Å². The molecule has 0 radical (unpaired) electrons. The molecule has 0 atom stereocenters. The second kappa shape index (κ2) is 5.75. The summed E-state index contributed by atoms with van der Waals surface area (Å²) in [6.45, 7) is 5.08. The summed E-state index contributed by atoms with van der Waals surface area (Å²) in [5.41, 5.74) is 8.75. The third-order valence-corrected chi connectivity index (χ3v) is 4.81. The van der Waals surface area contributed by atoms with Crippen LogP contribution in [0.25, 0.3) is 21.5 Å². The quantitative estimate of drug-likeness (QED) is 0.779. The molecule has 1 saturated heterocycles. The van der Waals surface area contributed by atoms with Crippen LogP contribution in [-0.2, 0) is 4.74 Å². The normalized spacial score (nSPS) is 15.3. The average molecular weight is 327 g/mol. The molecular weight excluding hydrogens is 310 g/mol. The van der Waals surface area contributed by atoms with Gasteiger partial charge in [0.1, 0.15) is 5.82 Å². The standard InChI is InChI=1S/C16H17N5OS/c1-10-18-13-8-11(2-3-14(13)23-10)12-9-15(20-16(17)19-12)21-4-6-22-7-5-21/h2-3,8-9H,4-7H2,1H3,(H2,17,19,20). The minimum absolute atomic E-state index is 0.290. The number of nitrogens with zero attached hydrogens (tertiary/aromatic N) is 4. The smallest absolute Gasteiger partial charge is 0.222 e. The summed E-state index contributed by atoms with van der Waals surface area (Å²) in [5, 5.41) is 1.06. The number of anilines is 2. The highest BCUT2D eigenvalue weighted by Crippen LogP contribution is 2.28. The van der Waals surface area contributed by atoms with Gasteiger partial charge in [0.25, 0.3) is 0 Å². The lowest BCUT2D eigenvalue weighted by atomic mass is 10.1. The molecular formula is C16H17N5OS. The van der Waals surface area contributed by atoms with Crippen molar-refractivity contribution in [2.45, 2.75) is 6.92 Å². The largest absolute Gasteiger partial charge is 0.378 e. The fourth-order valence-corrected chi connectivity index (χ4v) is 3.56. The van der Waals surface area contributed by atoms with Crippen molar-refractivity contribution in [3.63, 3.8) is 0 Å². The fourth-order valence-electron chi connectivity index (χ4n) is 2.76. The lowest BCUT2D eigenvalue weighted by Crippen LogP contribution is -2.36. The van der Waals surface area contributed by atoms with Crippen LogP contribution in [0.5, 0.6) is 0 Å². The topological polar surface area (TPSA) is 77.2 Å². The van der Waals surface area contributed by atoms with Crippen LogP contribution in [0.15, 0.2) is 24.3 Å². The minimum Gasteiger partial charge on any atom is -0.378 e. The van der Waals surface area contributed by atoms with E-state index in [1.165, 1.54) is 4.70 Å². The zero-order valence-electron chi connectivity index (χ0n) is 12.8. The number of fused-ring (bicyclic) bond motifs is 1. The van der Waals surface area contributed by atoms with Crippen molar-refractivity contribution in [3.05, 3.63) is 29.3 Å². The van der Waals surface area contributed by atoms with Crippen molar-refractivity contribution in [3.8, 4) is 11.3 Å². The molecule has 1 aliphatic heterocycles. The molecule has 6 nitrogen and oxygen atoms in total. The van der Waals surface area contributed by atoms with Crippen molar-refractivity contribution in [1.82, 2.24) is 15.0 Å². The van der Waals surface area contributed by atoms with Gasteiger partial charge in [-0.05, 0) is 19.1 Å². The molecule has 1 aliphatic rings. The number of benzene rings is 1. The third kappa shape index (κ3) is 2.85. The summed E-state index contributed by atoms with van der Waals surface area (Å²) in [6.07, 6.45) is 0. The first kappa shape index (κ1) is 14.3. The van der Waals surface area contributed by atoms with Gasteiger partial charge in [0.2, 0.25) is 5.95 Å². The Hall–Kier alpha value is -2.25. The van der Waals surface area contributed by atoms with Gasteiger partial charge in [-0.2, -0.15) is 4.98 Å². The molecule has 1 aromatic carbocycles. The molecule has 2 N–H and O–H groups in total. The van der Waals surface area contributed by atoms with E-state index in [4.69, 9.17) is 10.5 Å². The predicted molar refractivity (Wildman–Crippen MR) is 92.8 cm³/mol. The summed E-state index contributed by atoms with van der Waals surface area (Å²) in [7, 11) is 0. The van der Waals surface area contributed by atoms with Gasteiger partial charge in [-0.3, -0.25) is 0 Å². The van der Waals surface area contributed by atoms with E-state index in [0.29, 0.717) is 19.2 Å². The number of morpholine rings is 1. The van der Waals surface area contributed by atoms with Crippen LogP contribution >= 0.6 is 11.3 Å². The summed E-state index contributed by atoms with van der Waals surface area (Å²) in [4.78, 5) is 15.5. The number of rotatable bonds is 2. The maximum atomic E-state index is 5.93. The van der Waals surface area contributed by atoms with Crippen molar-refractivity contribution in [2.75, 3.05) is 36.9 Å². The number of nitrogens with two attached hydrogens (primary N) is 1. The Kier molecular flexibility index (Phi) is 3.59. The second-order valence-corrected chi connectivity index (χ2v) is 6.72. The highest BCUT2D eigenvalue weighted by molar-refractivity contribution is 7.18. The molecule has 0 amide bonds. The molecule has 0 bridgehead atoms. The molecule has 0 spiro atoms. The number of ether oxygens (including phenoxy) is 1. The number of aryl methyl sites for hydroxylation is 1. The number of aromatic nitrogens is 3. The van der Waals surface area contributed by atoms with Gasteiger partial charge in [0.15, 0.2) is 0 Å². The molecule has 3 heterocycles. The summed E-state index contributed by atoms with van der Waals surface area (Å²) in [6, 6.07) is 8.19. The summed E-state index contributed by atoms with van der Waals surface area (Å²) < 4.78 is 6.58. The minimum atomic E-state index is 0.290. The zero-order chi connectivity index (χ0) is 15.8. The van der Waals surface area contributed by atoms with Crippen LogP contribution in [0.3, 0.4) is 0 Å². The van der Waals surface area contributed by atoms with E-state index < -0.39 is 0 Å². The van der Waals surface area contributed by atoms with Gasteiger partial charge >= 0.3 is 0 Å². The van der Waals surface area contributed by atoms with Crippen LogP contribution in [0.4, 0.5) is 11.8 Å². The van der Waals surface area contributed by atoms with E-state index in [-0.39, 0.29) is 0 Å². The second-order valence-electron chi connectivity index (χ2n) is 5.48. The first-order chi connectivity index (χ1) is 11.2.